The Balaban J connectivity index is 0.0000000939. The van der Waals surface area contributed by atoms with Crippen molar-refractivity contribution in [3.05, 3.63) is 431 Å². The van der Waals surface area contributed by atoms with Gasteiger partial charge in [0.2, 0.25) is 0 Å². The van der Waals surface area contributed by atoms with Crippen LogP contribution in [0.15, 0.2) is 431 Å². The molecule has 0 saturated heterocycles. The fraction of sp³-hybridized carbons (Fsp3) is 0. The van der Waals surface area contributed by atoms with Gasteiger partial charge in [-0.3, -0.25) is 0 Å². The van der Waals surface area contributed by atoms with E-state index < -0.39 is 0 Å². The lowest BCUT2D eigenvalue weighted by atomic mass is 9.97. The first-order chi connectivity index (χ1) is 64.0. The van der Waals surface area contributed by atoms with Crippen LogP contribution >= 0.6 is 0 Å². The highest BCUT2D eigenvalue weighted by Crippen LogP contribution is 2.58. The maximum Gasteiger partial charge on any atom is 0.0553 e. The third-order valence-electron chi connectivity index (χ3n) is 29.6. The molecular formula is C126H71N3. The van der Waals surface area contributed by atoms with Crippen LogP contribution in [0.25, 0.3) is 303 Å². The second-order valence-electron chi connectivity index (χ2n) is 35.8. The molecule has 0 amide bonds. The van der Waals surface area contributed by atoms with Gasteiger partial charge in [0.25, 0.3) is 0 Å². The van der Waals surface area contributed by atoms with Crippen LogP contribution in [0.5, 0.6) is 0 Å². The second kappa shape index (κ2) is 25.8. The van der Waals surface area contributed by atoms with Crippen molar-refractivity contribution in [2.24, 2.45) is 0 Å². The molecule has 0 fully saturated rings. The summed E-state index contributed by atoms with van der Waals surface area (Å²) in [5.41, 5.74) is 48.0. The molecule has 0 bridgehead atoms. The molecule has 0 radical (unpaired) electrons. The summed E-state index contributed by atoms with van der Waals surface area (Å²) in [6, 6.07) is 160. The standard InChI is InChI=1S/2C44H25N.C38H21N/c1-2-14-31-30(13-1)34-18-8-19-37-43(34)39(31)25-41-44(37)36-15-3-4-20-40(36)45(41)29-12-5-11-27(23-29)28-21-22-32-33-16-6-9-26-10-7-17-35(42(26)33)38(32)24-28;1-2-11-31-30(10-1)34-15-7-16-37-43(34)39(31)25-41-44(37)36-12-3-4-17-40(36)45(41)29-21-18-26(19-22-29)28-20-23-32-33-13-5-8-27-9-6-14-35(42(27)33)38(32)24-28;1-2-11-25-24(10-1)28-15-7-16-31-37(28)33(25)21-35-38(31)30-12-3-4-17-34(30)39(35)23-18-19-26-27-13-5-8-22-9-6-14-29(36(22)27)32(26)20-23/h2*1-25H;1-21H. The van der Waals surface area contributed by atoms with Gasteiger partial charge in [-0.2, -0.15) is 0 Å². The van der Waals surface area contributed by atoms with E-state index in [1.54, 1.807) is 0 Å². The fourth-order valence-electron chi connectivity index (χ4n) is 24.3. The summed E-state index contributed by atoms with van der Waals surface area (Å²) in [7, 11) is 0. The van der Waals surface area contributed by atoms with Crippen LogP contribution in [0.3, 0.4) is 0 Å². The van der Waals surface area contributed by atoms with E-state index >= 15 is 0 Å². The van der Waals surface area contributed by atoms with Gasteiger partial charge < -0.3 is 13.7 Å². The van der Waals surface area contributed by atoms with E-state index in [4.69, 9.17) is 0 Å². The minimum absolute atomic E-state index is 1.18. The van der Waals surface area contributed by atoms with Gasteiger partial charge in [-0.1, -0.05) is 346 Å². The zero-order valence-corrected chi connectivity index (χ0v) is 69.8. The predicted octanol–water partition coefficient (Wildman–Crippen LogP) is 34.5. The first kappa shape index (κ1) is 69.4. The molecule has 0 atom stereocenters. The lowest BCUT2D eigenvalue weighted by molar-refractivity contribution is 1.18. The van der Waals surface area contributed by atoms with Crippen molar-refractivity contribution in [2.75, 3.05) is 0 Å². The van der Waals surface area contributed by atoms with Crippen LogP contribution < -0.4 is 0 Å². The van der Waals surface area contributed by atoms with Gasteiger partial charge in [0.05, 0.1) is 33.1 Å². The SMILES string of the molecule is c1cc(-c2ccc3c(c2)-c2cccc4cccc-3c24)cc(-n2c3ccccc3c3c4cccc5c4c(cc32)-c2ccccc2-5)c1.c1ccc2c(c1)-c1cccc3c1c-2cc1c3c2ccccc2n1-c1ccc(-c2ccc3c(c2)-c2cccc4cccc-3c24)cc1.c1ccc2c(c1)-c1cccc3c1c-2cc1c3c2ccccc2n1-c1ccc2c(c1)-c1cccc3cccc-2c13. The number of hydrogen-bond donors (Lipinski definition) is 0. The Bertz CT molecular complexity index is 9620. The number of nitrogens with zero attached hydrogens (tertiary/aromatic N) is 3. The molecule has 0 saturated carbocycles. The Morgan fingerprint density at radius 3 is 0.744 bits per heavy atom. The minimum atomic E-state index is 1.18. The maximum atomic E-state index is 2.48. The van der Waals surface area contributed by atoms with E-state index in [9.17, 15) is 0 Å². The third kappa shape index (κ3) is 9.43. The summed E-state index contributed by atoms with van der Waals surface area (Å²) in [6.07, 6.45) is 0. The first-order valence-corrected chi connectivity index (χ1v) is 45.0. The van der Waals surface area contributed by atoms with Crippen molar-refractivity contribution in [1.82, 2.24) is 13.7 Å². The zero-order chi connectivity index (χ0) is 83.7. The third-order valence-corrected chi connectivity index (χ3v) is 29.6. The smallest absolute Gasteiger partial charge is 0.0553 e. The Hall–Kier alpha value is -17.0. The average molecular weight is 1630 g/mol. The summed E-state index contributed by atoms with van der Waals surface area (Å²) < 4.78 is 7.41. The number of para-hydroxylation sites is 3. The number of aromatic nitrogens is 3. The normalized spacial score (nSPS) is 12.5. The van der Waals surface area contributed by atoms with Crippen LogP contribution in [0.4, 0.5) is 0 Å². The molecule has 3 aromatic heterocycles. The molecule has 32 rings (SSSR count). The highest BCUT2D eigenvalue weighted by Gasteiger charge is 2.33. The molecule has 0 aliphatic heterocycles. The summed E-state index contributed by atoms with van der Waals surface area (Å²) in [6.45, 7) is 0. The van der Waals surface area contributed by atoms with E-state index in [1.807, 2.05) is 0 Å². The molecule has 0 unspecified atom stereocenters. The van der Waals surface area contributed by atoms with E-state index in [0.717, 1.165) is 0 Å². The zero-order valence-electron chi connectivity index (χ0n) is 69.8. The lowest BCUT2D eigenvalue weighted by Crippen LogP contribution is -1.95. The van der Waals surface area contributed by atoms with Gasteiger partial charge in [0, 0.05) is 49.4 Å². The van der Waals surface area contributed by atoms with Crippen molar-refractivity contribution in [3.8, 4) is 173 Å². The van der Waals surface area contributed by atoms with Crippen LogP contribution in [0.1, 0.15) is 0 Å². The molecule has 3 nitrogen and oxygen atoms in total. The van der Waals surface area contributed by atoms with Crippen molar-refractivity contribution in [3.63, 3.8) is 0 Å². The summed E-state index contributed by atoms with van der Waals surface area (Å²) in [5.74, 6) is 0. The average Bonchev–Trinajstić information content (AvgIpc) is 1.54. The molecule has 6 aliphatic rings. The molecule has 3 heteroatoms. The first-order valence-electron chi connectivity index (χ1n) is 45.0. The van der Waals surface area contributed by atoms with E-state index in [0.29, 0.717) is 0 Å². The number of benzene rings is 23. The fourth-order valence-corrected chi connectivity index (χ4v) is 24.3. The summed E-state index contributed by atoms with van der Waals surface area (Å²) in [5, 5.41) is 24.1. The minimum Gasteiger partial charge on any atom is -0.309 e. The van der Waals surface area contributed by atoms with Crippen LogP contribution in [0.2, 0.25) is 0 Å². The lowest BCUT2D eigenvalue weighted by Gasteiger charge is -2.12. The molecule has 129 heavy (non-hydrogen) atoms. The quantitative estimate of drug-likeness (QED) is 0.163. The van der Waals surface area contributed by atoms with Crippen LogP contribution in [0, 0.1) is 0 Å². The predicted molar refractivity (Wildman–Crippen MR) is 545 cm³/mol. The molecular weight excluding hydrogens is 1560 g/mol. The Morgan fingerprint density at radius 2 is 0.357 bits per heavy atom. The monoisotopic (exact) mass is 1630 g/mol. The van der Waals surface area contributed by atoms with Crippen LogP contribution in [-0.4, -0.2) is 13.7 Å². The van der Waals surface area contributed by atoms with Crippen molar-refractivity contribution < 1.29 is 0 Å². The van der Waals surface area contributed by atoms with Gasteiger partial charge in [-0.15, -0.1) is 0 Å². The Kier molecular flexibility index (Phi) is 13.9. The second-order valence-corrected chi connectivity index (χ2v) is 35.8. The number of rotatable bonds is 5. The van der Waals surface area contributed by atoms with Gasteiger partial charge in [-0.25, -0.2) is 0 Å². The summed E-state index contributed by atoms with van der Waals surface area (Å²) in [4.78, 5) is 0. The van der Waals surface area contributed by atoms with E-state index in [2.05, 4.69) is 444 Å². The van der Waals surface area contributed by atoms with Gasteiger partial charge >= 0.3 is 0 Å². The molecule has 3 heterocycles. The molecule has 6 aliphatic carbocycles. The number of fused-ring (bicyclic) bond motifs is 30. The van der Waals surface area contributed by atoms with E-state index in [-0.39, 0.29) is 0 Å². The number of hydrogen-bond acceptors (Lipinski definition) is 0. The Morgan fingerprint density at radius 1 is 0.109 bits per heavy atom. The molecule has 590 valence electrons. The van der Waals surface area contributed by atoms with Gasteiger partial charge in [-0.05, 0) is 305 Å². The molecule has 26 aromatic rings. The van der Waals surface area contributed by atoms with Crippen molar-refractivity contribution >= 4 is 130 Å². The Labute approximate surface area is 742 Å². The van der Waals surface area contributed by atoms with Crippen LogP contribution in [-0.2, 0) is 0 Å². The largest absolute Gasteiger partial charge is 0.309 e. The van der Waals surface area contributed by atoms with Crippen molar-refractivity contribution in [1.29, 1.82) is 0 Å². The topological polar surface area (TPSA) is 14.8 Å². The molecule has 23 aromatic carbocycles. The summed E-state index contributed by atoms with van der Waals surface area (Å²) >= 11 is 0. The highest BCUT2D eigenvalue weighted by atomic mass is 15.0. The van der Waals surface area contributed by atoms with E-state index in [1.165, 1.54) is 303 Å². The van der Waals surface area contributed by atoms with Gasteiger partial charge in [0.15, 0.2) is 0 Å². The molecule has 0 N–H and O–H groups in total. The highest BCUT2D eigenvalue weighted by molar-refractivity contribution is 6.33. The van der Waals surface area contributed by atoms with Crippen molar-refractivity contribution in [2.45, 2.75) is 0 Å². The molecule has 0 spiro atoms. The van der Waals surface area contributed by atoms with Gasteiger partial charge in [0.1, 0.15) is 0 Å². The maximum absolute atomic E-state index is 2.48.